The molecule has 0 aliphatic rings. The fourth-order valence-corrected chi connectivity index (χ4v) is 1.79. The van der Waals surface area contributed by atoms with Crippen molar-refractivity contribution in [2.24, 2.45) is 0 Å². The highest BCUT2D eigenvalue weighted by Gasteiger charge is 2.16. The number of benzene rings is 1. The van der Waals surface area contributed by atoms with E-state index in [0.29, 0.717) is 24.7 Å². The van der Waals surface area contributed by atoms with Crippen molar-refractivity contribution in [2.45, 2.75) is 26.2 Å². The molecule has 0 saturated heterocycles. The van der Waals surface area contributed by atoms with Crippen LogP contribution in [-0.2, 0) is 9.59 Å². The maximum atomic E-state index is 11.0. The van der Waals surface area contributed by atoms with Crippen molar-refractivity contribution in [2.75, 3.05) is 13.2 Å². The van der Waals surface area contributed by atoms with E-state index in [1.165, 1.54) is 12.1 Å². The summed E-state index contributed by atoms with van der Waals surface area (Å²) in [6.07, 6.45) is -0.651. The lowest BCUT2D eigenvalue weighted by atomic mass is 9.95. The van der Waals surface area contributed by atoms with Crippen LogP contribution in [0.3, 0.4) is 0 Å². The van der Waals surface area contributed by atoms with Crippen molar-refractivity contribution in [1.82, 2.24) is 0 Å². The number of hydrogen-bond acceptors (Lipinski definition) is 6. The minimum Gasteiger partial charge on any atom is -0.550 e. The molecule has 0 aliphatic carbocycles. The summed E-state index contributed by atoms with van der Waals surface area (Å²) in [6, 6.07) is 4.49. The zero-order valence-corrected chi connectivity index (χ0v) is 11.4. The Morgan fingerprint density at radius 1 is 1.10 bits per heavy atom. The Kier molecular flexibility index (Phi) is 5.83. The van der Waals surface area contributed by atoms with Gasteiger partial charge in [0.25, 0.3) is 0 Å². The fraction of sp³-hybridized carbons (Fsp3) is 0.429. The molecular weight excluding hydrogens is 264 g/mol. The SMILES string of the molecule is CCOc1ccc([C@@H](CC(=O)[O-])C(=O)[O-])cc1OCC. The van der Waals surface area contributed by atoms with E-state index in [9.17, 15) is 19.8 Å². The van der Waals surface area contributed by atoms with Gasteiger partial charge in [0, 0.05) is 17.9 Å². The van der Waals surface area contributed by atoms with E-state index < -0.39 is 24.3 Å². The third-order valence-electron chi connectivity index (χ3n) is 2.63. The fourth-order valence-electron chi connectivity index (χ4n) is 1.79. The molecule has 1 aromatic carbocycles. The van der Waals surface area contributed by atoms with Crippen LogP contribution >= 0.6 is 0 Å². The molecule has 20 heavy (non-hydrogen) atoms. The molecule has 0 spiro atoms. The van der Waals surface area contributed by atoms with E-state index in [0.717, 1.165) is 0 Å². The summed E-state index contributed by atoms with van der Waals surface area (Å²) in [5, 5.41) is 21.7. The molecule has 0 radical (unpaired) electrons. The van der Waals surface area contributed by atoms with Gasteiger partial charge in [0.15, 0.2) is 11.5 Å². The first-order chi connectivity index (χ1) is 9.49. The highest BCUT2D eigenvalue weighted by molar-refractivity contribution is 5.80. The number of carbonyl (C=O) groups is 2. The predicted octanol–water partition coefficient (Wildman–Crippen LogP) is -0.542. The summed E-state index contributed by atoms with van der Waals surface area (Å²) in [6.45, 7) is 4.39. The van der Waals surface area contributed by atoms with Gasteiger partial charge in [-0.1, -0.05) is 6.07 Å². The molecule has 110 valence electrons. The highest BCUT2D eigenvalue weighted by Crippen LogP contribution is 2.32. The maximum absolute atomic E-state index is 11.0. The van der Waals surface area contributed by atoms with Crippen molar-refractivity contribution in [1.29, 1.82) is 0 Å². The summed E-state index contributed by atoms with van der Waals surface area (Å²) >= 11 is 0. The van der Waals surface area contributed by atoms with Gasteiger partial charge in [0.05, 0.1) is 13.2 Å². The predicted molar refractivity (Wildman–Crippen MR) is 66.2 cm³/mol. The first-order valence-corrected chi connectivity index (χ1v) is 6.29. The van der Waals surface area contributed by atoms with Gasteiger partial charge in [0.2, 0.25) is 0 Å². The molecule has 1 rings (SSSR count). The number of ether oxygens (including phenoxy) is 2. The molecule has 1 aromatic rings. The molecule has 0 aliphatic heterocycles. The summed E-state index contributed by atoms with van der Waals surface area (Å²) in [5.74, 6) is -3.36. The molecule has 0 aromatic heterocycles. The van der Waals surface area contributed by atoms with Crippen LogP contribution in [0.25, 0.3) is 0 Å². The van der Waals surface area contributed by atoms with Crippen molar-refractivity contribution in [3.63, 3.8) is 0 Å². The second-order valence-electron chi connectivity index (χ2n) is 4.02. The number of carboxylic acid groups (broad SMARTS) is 2. The Balaban J connectivity index is 3.12. The summed E-state index contributed by atoms with van der Waals surface area (Å²) in [5.41, 5.74) is 0.279. The lowest BCUT2D eigenvalue weighted by Crippen LogP contribution is -2.34. The van der Waals surface area contributed by atoms with Crippen LogP contribution in [0.2, 0.25) is 0 Å². The van der Waals surface area contributed by atoms with Gasteiger partial charge in [-0.05, 0) is 38.0 Å². The van der Waals surface area contributed by atoms with Crippen LogP contribution in [0, 0.1) is 0 Å². The molecule has 0 heterocycles. The Morgan fingerprint density at radius 2 is 1.70 bits per heavy atom. The van der Waals surface area contributed by atoms with E-state index in [1.54, 1.807) is 13.0 Å². The van der Waals surface area contributed by atoms with Gasteiger partial charge < -0.3 is 29.3 Å². The van der Waals surface area contributed by atoms with Crippen molar-refractivity contribution < 1.29 is 29.3 Å². The largest absolute Gasteiger partial charge is 0.550 e. The van der Waals surface area contributed by atoms with Gasteiger partial charge in [-0.2, -0.15) is 0 Å². The van der Waals surface area contributed by atoms with Crippen LogP contribution in [0.1, 0.15) is 31.7 Å². The Hall–Kier alpha value is -2.24. The Labute approximate surface area is 116 Å². The first kappa shape index (κ1) is 15.8. The topological polar surface area (TPSA) is 98.7 Å². The van der Waals surface area contributed by atoms with E-state index in [1.807, 2.05) is 6.92 Å². The Morgan fingerprint density at radius 3 is 2.20 bits per heavy atom. The second-order valence-corrected chi connectivity index (χ2v) is 4.02. The van der Waals surface area contributed by atoms with Gasteiger partial charge in [-0.15, -0.1) is 0 Å². The van der Waals surface area contributed by atoms with Crippen LogP contribution in [0.4, 0.5) is 0 Å². The van der Waals surface area contributed by atoms with E-state index >= 15 is 0 Å². The van der Waals surface area contributed by atoms with E-state index in [4.69, 9.17) is 9.47 Å². The summed E-state index contributed by atoms with van der Waals surface area (Å²) < 4.78 is 10.7. The minimum absolute atomic E-state index is 0.279. The number of carbonyl (C=O) groups excluding carboxylic acids is 2. The molecule has 1 atom stereocenters. The molecule has 6 nitrogen and oxygen atoms in total. The standard InChI is InChI=1S/C14H18O6/c1-3-19-11-6-5-9(7-12(11)20-4-2)10(14(17)18)8-13(15)16/h5-7,10H,3-4,8H2,1-2H3,(H,15,16)(H,17,18)/p-2/t10-/m1/s1. The van der Waals surface area contributed by atoms with Crippen LogP contribution < -0.4 is 19.7 Å². The van der Waals surface area contributed by atoms with E-state index in [2.05, 4.69) is 0 Å². The lowest BCUT2D eigenvalue weighted by molar-refractivity contribution is -0.317. The van der Waals surface area contributed by atoms with Crippen LogP contribution in [-0.4, -0.2) is 25.2 Å². The third-order valence-corrected chi connectivity index (χ3v) is 2.63. The van der Waals surface area contributed by atoms with Gasteiger partial charge in [0.1, 0.15) is 0 Å². The van der Waals surface area contributed by atoms with Crippen LogP contribution in [0.5, 0.6) is 11.5 Å². The molecule has 0 amide bonds. The third kappa shape index (κ3) is 4.15. The molecule has 0 bridgehead atoms. The second kappa shape index (κ2) is 7.37. The van der Waals surface area contributed by atoms with Crippen molar-refractivity contribution >= 4 is 11.9 Å². The van der Waals surface area contributed by atoms with Gasteiger partial charge in [-0.25, -0.2) is 0 Å². The minimum atomic E-state index is -1.47. The van der Waals surface area contributed by atoms with Crippen LogP contribution in [0.15, 0.2) is 18.2 Å². The quantitative estimate of drug-likeness (QED) is 0.634. The number of carboxylic acids is 2. The average molecular weight is 280 g/mol. The van der Waals surface area contributed by atoms with E-state index in [-0.39, 0.29) is 5.56 Å². The first-order valence-electron chi connectivity index (χ1n) is 6.29. The molecule has 0 unspecified atom stereocenters. The lowest BCUT2D eigenvalue weighted by Gasteiger charge is -2.20. The van der Waals surface area contributed by atoms with Crippen molar-refractivity contribution in [3.05, 3.63) is 23.8 Å². The maximum Gasteiger partial charge on any atom is 0.161 e. The highest BCUT2D eigenvalue weighted by atomic mass is 16.5. The summed E-state index contributed by atoms with van der Waals surface area (Å²) in [4.78, 5) is 21.7. The summed E-state index contributed by atoms with van der Waals surface area (Å²) in [7, 11) is 0. The van der Waals surface area contributed by atoms with Gasteiger partial charge >= 0.3 is 0 Å². The monoisotopic (exact) mass is 280 g/mol. The molecule has 0 saturated carbocycles. The average Bonchev–Trinajstić information content (AvgIpc) is 2.38. The zero-order valence-electron chi connectivity index (χ0n) is 11.4. The number of rotatable bonds is 8. The smallest absolute Gasteiger partial charge is 0.161 e. The molecule has 6 heteroatoms. The number of hydrogen-bond donors (Lipinski definition) is 0. The Bertz CT molecular complexity index is 483. The normalized spacial score (nSPS) is 11.7. The van der Waals surface area contributed by atoms with Gasteiger partial charge in [-0.3, -0.25) is 0 Å². The number of aliphatic carboxylic acids is 2. The molecule has 0 fully saturated rings. The zero-order chi connectivity index (χ0) is 15.1. The molecular formula is C14H16O6-2. The van der Waals surface area contributed by atoms with Crippen molar-refractivity contribution in [3.8, 4) is 11.5 Å². The molecule has 0 N–H and O–H groups in total.